The van der Waals surface area contributed by atoms with Gasteiger partial charge in [-0.2, -0.15) is 0 Å². The minimum atomic E-state index is -0.441. The number of rotatable bonds is 11. The first-order valence-electron chi connectivity index (χ1n) is 12.0. The van der Waals surface area contributed by atoms with Crippen molar-refractivity contribution >= 4 is 23.7 Å². The van der Waals surface area contributed by atoms with E-state index in [-0.39, 0.29) is 29.7 Å². The minimum absolute atomic E-state index is 0.00581. The van der Waals surface area contributed by atoms with Gasteiger partial charge in [-0.1, -0.05) is 75.3 Å². The number of nitro benzene ring substituents is 1. The summed E-state index contributed by atoms with van der Waals surface area (Å²) in [4.78, 5) is 40.9. The highest BCUT2D eigenvalue weighted by atomic mass is 16.7. The maximum absolute atomic E-state index is 13.4. The molecule has 0 aliphatic heterocycles. The first-order chi connectivity index (χ1) is 17.2. The highest BCUT2D eigenvalue weighted by Gasteiger charge is 2.22. The van der Waals surface area contributed by atoms with Crippen LogP contribution in [0.25, 0.3) is 0 Å². The number of aryl methyl sites for hydroxylation is 1. The average Bonchev–Trinajstić information content (AvgIpc) is 3.21. The Bertz CT molecular complexity index is 1260. The van der Waals surface area contributed by atoms with Crippen molar-refractivity contribution in [3.05, 3.63) is 98.9 Å². The molecular weight excluding hydrogens is 458 g/mol. The fourth-order valence-corrected chi connectivity index (χ4v) is 3.94. The van der Waals surface area contributed by atoms with E-state index < -0.39 is 10.9 Å². The summed E-state index contributed by atoms with van der Waals surface area (Å²) in [5, 5.41) is 15.0. The van der Waals surface area contributed by atoms with Gasteiger partial charge in [0.2, 0.25) is 0 Å². The van der Waals surface area contributed by atoms with Crippen molar-refractivity contribution in [2.24, 2.45) is 11.1 Å². The van der Waals surface area contributed by atoms with Crippen LogP contribution >= 0.6 is 0 Å². The van der Waals surface area contributed by atoms with Crippen molar-refractivity contribution < 1.29 is 19.3 Å². The molecule has 0 bridgehead atoms. The Morgan fingerprint density at radius 3 is 2.36 bits per heavy atom. The topological polar surface area (TPSA) is 104 Å². The molecular formula is C28H31N3O5. The van der Waals surface area contributed by atoms with E-state index in [4.69, 9.17) is 4.84 Å². The second kappa shape index (κ2) is 12.1. The van der Waals surface area contributed by atoms with E-state index >= 15 is 0 Å². The predicted molar refractivity (Wildman–Crippen MR) is 138 cm³/mol. The Labute approximate surface area is 210 Å². The van der Waals surface area contributed by atoms with Gasteiger partial charge in [0, 0.05) is 36.4 Å². The SMILES string of the molecule is CC(C)C(=O)ON=Cc1cc(C(=O)CCc2cccc([N+](=O)[O-])c2)c(C(C)C)n1Cc1ccccc1. The normalized spacial score (nSPS) is 11.4. The maximum Gasteiger partial charge on any atom is 0.337 e. The summed E-state index contributed by atoms with van der Waals surface area (Å²) in [5.74, 6) is -0.781. The molecule has 0 unspecified atom stereocenters. The van der Waals surface area contributed by atoms with Gasteiger partial charge in [-0.15, -0.1) is 0 Å². The number of ketones is 1. The summed E-state index contributed by atoms with van der Waals surface area (Å²) in [5.41, 5.74) is 3.88. The van der Waals surface area contributed by atoms with Crippen LogP contribution in [0.15, 0.2) is 65.8 Å². The Hall–Kier alpha value is -4.07. The minimum Gasteiger partial charge on any atom is -0.338 e. The van der Waals surface area contributed by atoms with Gasteiger partial charge in [0.05, 0.1) is 22.7 Å². The first kappa shape index (κ1) is 26.5. The molecule has 188 valence electrons. The van der Waals surface area contributed by atoms with Gasteiger partial charge in [-0.05, 0) is 29.5 Å². The molecule has 8 nitrogen and oxygen atoms in total. The number of oxime groups is 1. The number of benzene rings is 2. The van der Waals surface area contributed by atoms with E-state index in [9.17, 15) is 19.7 Å². The summed E-state index contributed by atoms with van der Waals surface area (Å²) >= 11 is 0. The second-order valence-electron chi connectivity index (χ2n) is 9.24. The number of nitro groups is 1. The lowest BCUT2D eigenvalue weighted by molar-refractivity contribution is -0.384. The summed E-state index contributed by atoms with van der Waals surface area (Å²) in [6.07, 6.45) is 2.05. The third kappa shape index (κ3) is 6.75. The van der Waals surface area contributed by atoms with Gasteiger partial charge >= 0.3 is 5.97 Å². The Kier molecular flexibility index (Phi) is 8.89. The van der Waals surface area contributed by atoms with Gasteiger partial charge in [0.1, 0.15) is 0 Å². The van der Waals surface area contributed by atoms with Crippen molar-refractivity contribution in [2.45, 2.75) is 53.0 Å². The lowest BCUT2D eigenvalue weighted by Gasteiger charge is -2.16. The molecule has 0 fully saturated rings. The maximum atomic E-state index is 13.4. The molecule has 2 aromatic carbocycles. The monoisotopic (exact) mass is 489 g/mol. The molecule has 0 amide bonds. The molecule has 1 aromatic heterocycles. The predicted octanol–water partition coefficient (Wildman–Crippen LogP) is 5.92. The van der Waals surface area contributed by atoms with Gasteiger partial charge < -0.3 is 9.40 Å². The number of aromatic nitrogens is 1. The van der Waals surface area contributed by atoms with Crippen molar-refractivity contribution in [1.29, 1.82) is 0 Å². The molecule has 3 aromatic rings. The third-order valence-electron chi connectivity index (χ3n) is 5.76. The Morgan fingerprint density at radius 1 is 1.03 bits per heavy atom. The largest absolute Gasteiger partial charge is 0.338 e. The molecule has 0 spiro atoms. The summed E-state index contributed by atoms with van der Waals surface area (Å²) in [7, 11) is 0. The van der Waals surface area contributed by atoms with Gasteiger partial charge in [-0.25, -0.2) is 4.79 Å². The highest BCUT2D eigenvalue weighted by molar-refractivity contribution is 5.99. The molecule has 36 heavy (non-hydrogen) atoms. The van der Waals surface area contributed by atoms with E-state index in [1.807, 2.05) is 48.7 Å². The van der Waals surface area contributed by atoms with Crippen LogP contribution in [-0.2, 0) is 22.6 Å². The summed E-state index contributed by atoms with van der Waals surface area (Å²) in [6.45, 7) is 8.02. The van der Waals surface area contributed by atoms with E-state index in [2.05, 4.69) is 5.16 Å². The lowest BCUT2D eigenvalue weighted by atomic mass is 9.98. The lowest BCUT2D eigenvalue weighted by Crippen LogP contribution is -2.13. The van der Waals surface area contributed by atoms with Crippen LogP contribution in [0.3, 0.4) is 0 Å². The fourth-order valence-electron chi connectivity index (χ4n) is 3.94. The second-order valence-corrected chi connectivity index (χ2v) is 9.24. The highest BCUT2D eigenvalue weighted by Crippen LogP contribution is 2.27. The zero-order valence-corrected chi connectivity index (χ0v) is 21.0. The van der Waals surface area contributed by atoms with Crippen molar-refractivity contribution in [1.82, 2.24) is 4.57 Å². The number of Topliss-reactive ketones (excluding diaryl/α,β-unsaturated/α-hetero) is 1. The van der Waals surface area contributed by atoms with Crippen molar-refractivity contribution in [3.63, 3.8) is 0 Å². The molecule has 0 N–H and O–H groups in total. The van der Waals surface area contributed by atoms with Gasteiger partial charge in [-0.3, -0.25) is 14.9 Å². The zero-order chi connectivity index (χ0) is 26.2. The third-order valence-corrected chi connectivity index (χ3v) is 5.76. The quantitative estimate of drug-likeness (QED) is 0.109. The van der Waals surface area contributed by atoms with Crippen LogP contribution in [0, 0.1) is 16.0 Å². The van der Waals surface area contributed by atoms with Crippen LogP contribution < -0.4 is 0 Å². The Balaban J connectivity index is 1.94. The van der Waals surface area contributed by atoms with Crippen LogP contribution in [0.1, 0.15) is 72.9 Å². The summed E-state index contributed by atoms with van der Waals surface area (Å²) < 4.78 is 2.02. The standard InChI is InChI=1S/C28H31N3O5/c1-19(2)27-25(26(32)14-13-21-11-8-12-23(15-21)31(34)35)16-24(17-29-36-28(33)20(3)4)30(27)18-22-9-6-5-7-10-22/h5-12,15-17,19-20H,13-14,18H2,1-4H3. The number of hydrogen-bond acceptors (Lipinski definition) is 6. The number of nitrogens with zero attached hydrogens (tertiary/aromatic N) is 3. The molecule has 1 heterocycles. The molecule has 0 radical (unpaired) electrons. The van der Waals surface area contributed by atoms with Gasteiger partial charge in [0.25, 0.3) is 5.69 Å². The smallest absolute Gasteiger partial charge is 0.337 e. The molecule has 0 aliphatic rings. The van der Waals surface area contributed by atoms with Crippen LogP contribution in [0.5, 0.6) is 0 Å². The number of hydrogen-bond donors (Lipinski definition) is 0. The molecule has 8 heteroatoms. The van der Waals surface area contributed by atoms with E-state index in [1.165, 1.54) is 18.3 Å². The van der Waals surface area contributed by atoms with Crippen LogP contribution in [-0.4, -0.2) is 27.5 Å². The fraction of sp³-hybridized carbons (Fsp3) is 0.321. The van der Waals surface area contributed by atoms with E-state index in [1.54, 1.807) is 32.0 Å². The average molecular weight is 490 g/mol. The summed E-state index contributed by atoms with van der Waals surface area (Å²) in [6, 6.07) is 18.0. The van der Waals surface area contributed by atoms with E-state index in [0.717, 1.165) is 16.8 Å². The van der Waals surface area contributed by atoms with E-state index in [0.29, 0.717) is 24.2 Å². The number of carbonyl (C=O) groups is 2. The van der Waals surface area contributed by atoms with Crippen LogP contribution in [0.4, 0.5) is 5.69 Å². The number of non-ortho nitro benzene ring substituents is 1. The Morgan fingerprint density at radius 2 is 1.72 bits per heavy atom. The molecule has 0 saturated heterocycles. The molecule has 0 aliphatic carbocycles. The number of carbonyl (C=O) groups excluding carboxylic acids is 2. The molecule has 0 atom stereocenters. The zero-order valence-electron chi connectivity index (χ0n) is 21.0. The van der Waals surface area contributed by atoms with Crippen LogP contribution in [0.2, 0.25) is 0 Å². The van der Waals surface area contributed by atoms with Crippen molar-refractivity contribution in [3.8, 4) is 0 Å². The first-order valence-corrected chi connectivity index (χ1v) is 12.0. The van der Waals surface area contributed by atoms with Gasteiger partial charge in [0.15, 0.2) is 5.78 Å². The molecule has 0 saturated carbocycles. The molecule has 3 rings (SSSR count). The van der Waals surface area contributed by atoms with Crippen molar-refractivity contribution in [2.75, 3.05) is 0 Å².